The van der Waals surface area contributed by atoms with Crippen molar-refractivity contribution >= 4 is 56.0 Å². The van der Waals surface area contributed by atoms with Gasteiger partial charge in [0.2, 0.25) is 5.79 Å². The second-order valence-corrected chi connectivity index (χ2v) is 10.5. The number of phenolic OH excluding ortho intramolecular Hbond substituents is 2. The van der Waals surface area contributed by atoms with E-state index in [1.54, 1.807) is 48.5 Å². The first-order valence-corrected chi connectivity index (χ1v) is 12.9. The summed E-state index contributed by atoms with van der Waals surface area (Å²) in [5.41, 5.74) is 4.65. The Morgan fingerprint density at radius 2 is 1.83 bits per heavy atom. The minimum atomic E-state index is -1.08. The maximum atomic E-state index is 13.8. The quantitative estimate of drug-likeness (QED) is 0.226. The van der Waals surface area contributed by atoms with Crippen LogP contribution in [0.3, 0.4) is 0 Å². The van der Waals surface area contributed by atoms with Crippen LogP contribution in [0.1, 0.15) is 44.2 Å². The number of anilines is 2. The molecule has 0 radical (unpaired) electrons. The number of hydrogen-bond acceptors (Lipinski definition) is 8. The fraction of sp³-hybridized carbons (Fsp3) is 0.133. The van der Waals surface area contributed by atoms with Crippen molar-refractivity contribution < 1.29 is 38.1 Å². The van der Waals surface area contributed by atoms with Crippen molar-refractivity contribution in [2.75, 3.05) is 16.8 Å². The van der Waals surface area contributed by atoms with Crippen LogP contribution in [0.5, 0.6) is 11.5 Å². The lowest BCUT2D eigenvalue weighted by Crippen LogP contribution is -2.52. The third-order valence-corrected chi connectivity index (χ3v) is 8.12. The Labute approximate surface area is 229 Å². The number of rotatable bonds is 3. The van der Waals surface area contributed by atoms with Crippen molar-refractivity contribution in [3.8, 4) is 11.5 Å². The topological polar surface area (TPSA) is 150 Å². The predicted molar refractivity (Wildman–Crippen MR) is 145 cm³/mol. The molecule has 7 heterocycles. The molecule has 4 aliphatic rings. The highest BCUT2D eigenvalue weighted by atomic mass is 16.9. The number of nitrogens with one attached hydrogen (secondary N) is 2. The summed E-state index contributed by atoms with van der Waals surface area (Å²) in [6.45, 7) is 2.01. The zero-order valence-corrected chi connectivity index (χ0v) is 21.3. The van der Waals surface area contributed by atoms with Gasteiger partial charge in [-0.3, -0.25) is 14.5 Å². The summed E-state index contributed by atoms with van der Waals surface area (Å²) in [7, 11) is 0. The number of nitrogens with zero attached hydrogens (tertiary/aromatic N) is 1. The van der Waals surface area contributed by atoms with E-state index in [1.807, 2.05) is 6.92 Å². The number of carbonyl (C=O) groups excluding carboxylic acids is 2. The van der Waals surface area contributed by atoms with E-state index in [0.717, 1.165) is 22.2 Å². The molecular weight excluding hydrogens is 530 g/mol. The molecule has 4 aliphatic heterocycles. The van der Waals surface area contributed by atoms with Crippen LogP contribution in [0.15, 0.2) is 63.4 Å². The van der Waals surface area contributed by atoms with Crippen LogP contribution in [-0.4, -0.2) is 33.6 Å². The van der Waals surface area contributed by atoms with Crippen LogP contribution in [0.2, 0.25) is 0 Å². The van der Waals surface area contributed by atoms with E-state index < -0.39 is 23.9 Å². The lowest BCUT2D eigenvalue weighted by atomic mass is 9.92. The number of furan rings is 2. The molecule has 1 fully saturated rings. The van der Waals surface area contributed by atoms with Gasteiger partial charge in [0.15, 0.2) is 29.1 Å². The van der Waals surface area contributed by atoms with Gasteiger partial charge < -0.3 is 38.8 Å². The third-order valence-electron chi connectivity index (χ3n) is 8.12. The van der Waals surface area contributed by atoms with Crippen LogP contribution in [0, 0.1) is 6.92 Å². The van der Waals surface area contributed by atoms with E-state index in [-0.39, 0.29) is 35.1 Å². The van der Waals surface area contributed by atoms with Crippen molar-refractivity contribution in [3.05, 3.63) is 82.9 Å². The summed E-state index contributed by atoms with van der Waals surface area (Å²) in [6.07, 6.45) is -0.550. The molecule has 0 atom stereocenters. The van der Waals surface area contributed by atoms with E-state index in [9.17, 15) is 19.8 Å². The number of H-pyrrole nitrogens is 1. The number of para-hydroxylation sites is 1. The number of aromatic amines is 1. The Morgan fingerprint density at radius 1 is 1.00 bits per heavy atom. The fourth-order valence-electron chi connectivity index (χ4n) is 6.32. The first-order chi connectivity index (χ1) is 19.8. The van der Waals surface area contributed by atoms with Gasteiger partial charge in [-0.1, -0.05) is 12.1 Å². The second kappa shape index (κ2) is 7.27. The fourth-order valence-corrected chi connectivity index (χ4v) is 6.32. The molecule has 0 aliphatic carbocycles. The molecule has 41 heavy (non-hydrogen) atoms. The van der Waals surface area contributed by atoms with Gasteiger partial charge in [-0.15, -0.1) is 0 Å². The Balaban J connectivity index is 1.04. The summed E-state index contributed by atoms with van der Waals surface area (Å²) in [5, 5.41) is 25.6. The number of phenols is 2. The molecule has 202 valence electrons. The lowest BCUT2D eigenvalue weighted by Gasteiger charge is -2.48. The SMILES string of the molecule is Cc1[nH]c2c(O)cc3c4c2c1C1OC4(CN3C(=O)c2cc3cc(NC(=O)c4cc5cccc(O)c5o4)ccc3o2)O1. The van der Waals surface area contributed by atoms with Crippen molar-refractivity contribution in [1.29, 1.82) is 0 Å². The van der Waals surface area contributed by atoms with E-state index in [1.165, 1.54) is 11.0 Å². The number of benzene rings is 3. The molecule has 6 aromatic rings. The molecule has 1 saturated heterocycles. The molecule has 0 unspecified atom stereocenters. The van der Waals surface area contributed by atoms with Crippen molar-refractivity contribution in [3.63, 3.8) is 0 Å². The molecule has 11 heteroatoms. The first kappa shape index (κ1) is 22.5. The normalized spacial score (nSPS) is 20.2. The number of amides is 2. The van der Waals surface area contributed by atoms with Crippen molar-refractivity contribution in [2.24, 2.45) is 0 Å². The van der Waals surface area contributed by atoms with Gasteiger partial charge in [0.05, 0.1) is 17.7 Å². The minimum Gasteiger partial charge on any atom is -0.506 e. The van der Waals surface area contributed by atoms with Gasteiger partial charge in [0.1, 0.15) is 11.3 Å². The van der Waals surface area contributed by atoms with Crippen molar-refractivity contribution in [2.45, 2.75) is 19.0 Å². The Morgan fingerprint density at radius 3 is 2.66 bits per heavy atom. The number of hydrogen-bond donors (Lipinski definition) is 4. The van der Waals surface area contributed by atoms with Crippen molar-refractivity contribution in [1.82, 2.24) is 4.98 Å². The van der Waals surface area contributed by atoms with E-state index >= 15 is 0 Å². The summed E-state index contributed by atoms with van der Waals surface area (Å²) >= 11 is 0. The Kier molecular flexibility index (Phi) is 4.00. The highest BCUT2D eigenvalue weighted by Gasteiger charge is 2.62. The van der Waals surface area contributed by atoms with Crippen LogP contribution in [0.4, 0.5) is 11.4 Å². The van der Waals surface area contributed by atoms with E-state index in [0.29, 0.717) is 33.2 Å². The van der Waals surface area contributed by atoms with Crippen LogP contribution in [-0.2, 0) is 15.3 Å². The number of ether oxygens (including phenoxy) is 2. The van der Waals surface area contributed by atoms with Gasteiger partial charge in [-0.25, -0.2) is 0 Å². The molecule has 10 rings (SSSR count). The summed E-state index contributed by atoms with van der Waals surface area (Å²) in [5.74, 6) is -1.88. The average Bonchev–Trinajstić information content (AvgIpc) is 3.70. The molecular formula is C30H19N3O8. The zero-order chi connectivity index (χ0) is 27.8. The van der Waals surface area contributed by atoms with Crippen LogP contribution < -0.4 is 10.2 Å². The summed E-state index contributed by atoms with van der Waals surface area (Å²) in [4.78, 5) is 31.3. The minimum absolute atomic E-state index is 0.0360. The highest BCUT2D eigenvalue weighted by molar-refractivity contribution is 6.12. The predicted octanol–water partition coefficient (Wildman–Crippen LogP) is 5.50. The lowest BCUT2D eigenvalue weighted by molar-refractivity contribution is -0.464. The van der Waals surface area contributed by atoms with Gasteiger partial charge in [0, 0.05) is 44.7 Å². The van der Waals surface area contributed by atoms with E-state index in [2.05, 4.69) is 10.3 Å². The monoisotopic (exact) mass is 549 g/mol. The summed E-state index contributed by atoms with van der Waals surface area (Å²) < 4.78 is 23.7. The first-order valence-electron chi connectivity index (χ1n) is 12.9. The van der Waals surface area contributed by atoms with Gasteiger partial charge in [-0.2, -0.15) is 0 Å². The molecule has 2 bridgehead atoms. The Hall–Kier alpha value is -5.26. The second-order valence-electron chi connectivity index (χ2n) is 10.5. The van der Waals surface area contributed by atoms with Crippen LogP contribution in [0.25, 0.3) is 32.8 Å². The number of aromatic nitrogens is 1. The number of aromatic hydroxyl groups is 2. The maximum absolute atomic E-state index is 13.8. The molecule has 0 saturated carbocycles. The van der Waals surface area contributed by atoms with Crippen LogP contribution >= 0.6 is 0 Å². The molecule has 11 nitrogen and oxygen atoms in total. The smallest absolute Gasteiger partial charge is 0.294 e. The van der Waals surface area contributed by atoms with E-state index in [4.69, 9.17) is 18.3 Å². The standard InChI is InChI=1S/C30H19N3O8/c1-12-22-23-24-16(10-18(35)25(23)31-12)33(11-30(24)40-29(22)41-30)28(37)21-9-14-7-15(5-6-19(14)38-21)32-27(36)20-8-13-3-2-4-17(34)26(13)39-20/h2-10,29,31,34-35H,11H2,1H3,(H,32,36). The Bertz CT molecular complexity index is 2160. The number of carbonyl (C=O) groups is 2. The molecule has 4 N–H and O–H groups in total. The average molecular weight is 549 g/mol. The summed E-state index contributed by atoms with van der Waals surface area (Å²) in [6, 6.07) is 14.6. The molecule has 3 aromatic carbocycles. The molecule has 1 spiro atoms. The zero-order valence-electron chi connectivity index (χ0n) is 21.3. The van der Waals surface area contributed by atoms with Gasteiger partial charge in [0.25, 0.3) is 11.8 Å². The number of aryl methyl sites for hydroxylation is 1. The molecule has 2 amide bonds. The highest BCUT2D eigenvalue weighted by Crippen LogP contribution is 2.63. The van der Waals surface area contributed by atoms with Gasteiger partial charge in [-0.05, 0) is 43.3 Å². The third kappa shape index (κ3) is 2.83. The van der Waals surface area contributed by atoms with Gasteiger partial charge >= 0.3 is 0 Å². The maximum Gasteiger partial charge on any atom is 0.294 e. The number of fused-ring (bicyclic) bond motifs is 2. The largest absolute Gasteiger partial charge is 0.506 e. The molecule has 3 aromatic heterocycles.